The summed E-state index contributed by atoms with van der Waals surface area (Å²) in [4.78, 5) is 11.0. The van der Waals surface area contributed by atoms with Crippen molar-refractivity contribution < 1.29 is 9.90 Å². The molecule has 0 radical (unpaired) electrons. The maximum Gasteiger partial charge on any atom is 0.321 e. The Kier molecular flexibility index (Phi) is 1.89. The zero-order valence-corrected chi connectivity index (χ0v) is 8.99. The molecule has 4 N–H and O–H groups in total. The van der Waals surface area contributed by atoms with E-state index in [1.807, 2.05) is 0 Å². The normalized spacial score (nSPS) is 22.8. The lowest BCUT2D eigenvalue weighted by Gasteiger charge is -2.18. The fourth-order valence-corrected chi connectivity index (χ4v) is 2.80. The SMILES string of the molecule is NC(C(=O)O)C1(c2n[nH]c3c2CCC3)CC1. The molecular formula is C11H15N3O2. The molecule has 3 rings (SSSR count). The molecule has 16 heavy (non-hydrogen) atoms. The molecule has 1 fully saturated rings. The Hall–Kier alpha value is -1.36. The van der Waals surface area contributed by atoms with Crippen LogP contribution in [-0.4, -0.2) is 27.3 Å². The maximum absolute atomic E-state index is 11.0. The van der Waals surface area contributed by atoms with Gasteiger partial charge in [-0.1, -0.05) is 0 Å². The predicted octanol–water partition coefficient (Wildman–Crippen LogP) is 0.342. The van der Waals surface area contributed by atoms with Crippen molar-refractivity contribution in [1.82, 2.24) is 10.2 Å². The Labute approximate surface area is 93.0 Å². The summed E-state index contributed by atoms with van der Waals surface area (Å²) in [5, 5.41) is 16.4. The van der Waals surface area contributed by atoms with Gasteiger partial charge in [0.25, 0.3) is 0 Å². The minimum atomic E-state index is -0.924. The highest BCUT2D eigenvalue weighted by Gasteiger charge is 2.55. The third kappa shape index (κ3) is 1.15. The second kappa shape index (κ2) is 3.07. The number of aryl methyl sites for hydroxylation is 1. The highest BCUT2D eigenvalue weighted by Crippen LogP contribution is 2.51. The van der Waals surface area contributed by atoms with Gasteiger partial charge in [0.05, 0.1) is 5.69 Å². The Morgan fingerprint density at radius 3 is 2.88 bits per heavy atom. The third-order valence-electron chi connectivity index (χ3n) is 3.93. The first-order valence-corrected chi connectivity index (χ1v) is 5.70. The number of fused-ring (bicyclic) bond motifs is 1. The van der Waals surface area contributed by atoms with E-state index >= 15 is 0 Å². The quantitative estimate of drug-likeness (QED) is 0.686. The molecule has 5 nitrogen and oxygen atoms in total. The van der Waals surface area contributed by atoms with Gasteiger partial charge in [-0.15, -0.1) is 0 Å². The van der Waals surface area contributed by atoms with E-state index in [4.69, 9.17) is 10.8 Å². The van der Waals surface area contributed by atoms with Crippen molar-refractivity contribution in [3.05, 3.63) is 17.0 Å². The number of carboxylic acids is 1. The van der Waals surface area contributed by atoms with Crippen LogP contribution >= 0.6 is 0 Å². The van der Waals surface area contributed by atoms with E-state index in [2.05, 4.69) is 10.2 Å². The highest BCUT2D eigenvalue weighted by atomic mass is 16.4. The number of hydrogen-bond acceptors (Lipinski definition) is 3. The van der Waals surface area contributed by atoms with E-state index in [0.29, 0.717) is 0 Å². The fraction of sp³-hybridized carbons (Fsp3) is 0.636. The number of nitrogens with zero attached hydrogens (tertiary/aromatic N) is 1. The molecule has 0 amide bonds. The Bertz CT molecular complexity index is 448. The maximum atomic E-state index is 11.0. The molecule has 0 aliphatic heterocycles. The molecule has 1 aromatic rings. The number of carbonyl (C=O) groups is 1. The summed E-state index contributed by atoms with van der Waals surface area (Å²) in [7, 11) is 0. The number of carboxylic acid groups (broad SMARTS) is 1. The van der Waals surface area contributed by atoms with E-state index in [-0.39, 0.29) is 5.41 Å². The zero-order valence-electron chi connectivity index (χ0n) is 8.99. The summed E-state index contributed by atoms with van der Waals surface area (Å²) < 4.78 is 0. The van der Waals surface area contributed by atoms with Crippen LogP contribution in [0.15, 0.2) is 0 Å². The molecule has 0 aromatic carbocycles. The van der Waals surface area contributed by atoms with Crippen molar-refractivity contribution in [2.24, 2.45) is 5.73 Å². The molecule has 1 heterocycles. The first-order chi connectivity index (χ1) is 7.65. The van der Waals surface area contributed by atoms with Crippen molar-refractivity contribution in [2.75, 3.05) is 0 Å². The first-order valence-electron chi connectivity index (χ1n) is 5.70. The van der Waals surface area contributed by atoms with E-state index in [1.54, 1.807) is 0 Å². The Balaban J connectivity index is 2.00. The van der Waals surface area contributed by atoms with Gasteiger partial charge >= 0.3 is 5.97 Å². The lowest BCUT2D eigenvalue weighted by molar-refractivity contribution is -0.139. The molecule has 1 aromatic heterocycles. The highest BCUT2D eigenvalue weighted by molar-refractivity contribution is 5.77. The van der Waals surface area contributed by atoms with Gasteiger partial charge < -0.3 is 10.8 Å². The van der Waals surface area contributed by atoms with Crippen molar-refractivity contribution >= 4 is 5.97 Å². The molecule has 86 valence electrons. The third-order valence-corrected chi connectivity index (χ3v) is 3.93. The van der Waals surface area contributed by atoms with E-state index < -0.39 is 12.0 Å². The number of aromatic nitrogens is 2. The lowest BCUT2D eigenvalue weighted by Crippen LogP contribution is -2.42. The van der Waals surface area contributed by atoms with Gasteiger partial charge in [0, 0.05) is 11.1 Å². The summed E-state index contributed by atoms with van der Waals surface area (Å²) in [6.07, 6.45) is 4.86. The van der Waals surface area contributed by atoms with Gasteiger partial charge in [0.1, 0.15) is 6.04 Å². The summed E-state index contributed by atoms with van der Waals surface area (Å²) in [6, 6.07) is -0.819. The van der Waals surface area contributed by atoms with Crippen LogP contribution < -0.4 is 5.73 Å². The molecule has 5 heteroatoms. The van der Waals surface area contributed by atoms with Gasteiger partial charge in [-0.2, -0.15) is 5.10 Å². The van der Waals surface area contributed by atoms with Crippen LogP contribution in [0.4, 0.5) is 0 Å². The molecular weight excluding hydrogens is 206 g/mol. The summed E-state index contributed by atoms with van der Waals surface area (Å²) >= 11 is 0. The summed E-state index contributed by atoms with van der Waals surface area (Å²) in [5.74, 6) is -0.924. The Morgan fingerprint density at radius 2 is 2.25 bits per heavy atom. The average molecular weight is 221 g/mol. The van der Waals surface area contributed by atoms with Crippen molar-refractivity contribution in [3.8, 4) is 0 Å². The number of H-pyrrole nitrogens is 1. The zero-order chi connectivity index (χ0) is 11.3. The number of aromatic amines is 1. The van der Waals surface area contributed by atoms with Gasteiger partial charge in [-0.3, -0.25) is 9.89 Å². The minimum absolute atomic E-state index is 0.389. The standard InChI is InChI=1S/C11H15N3O2/c12-8(10(15)16)11(4-5-11)9-6-2-1-3-7(6)13-14-9/h8H,1-5,12H2,(H,13,14)(H,15,16). The Morgan fingerprint density at radius 1 is 1.50 bits per heavy atom. The van der Waals surface area contributed by atoms with Crippen molar-refractivity contribution in [2.45, 2.75) is 43.6 Å². The minimum Gasteiger partial charge on any atom is -0.480 e. The molecule has 2 aliphatic carbocycles. The molecule has 0 bridgehead atoms. The lowest BCUT2D eigenvalue weighted by atomic mass is 9.90. The topological polar surface area (TPSA) is 92.0 Å². The summed E-state index contributed by atoms with van der Waals surface area (Å²) in [5.41, 5.74) is 8.74. The van der Waals surface area contributed by atoms with Crippen LogP contribution in [0.5, 0.6) is 0 Å². The summed E-state index contributed by atoms with van der Waals surface area (Å²) in [6.45, 7) is 0. The van der Waals surface area contributed by atoms with Crippen LogP contribution in [0, 0.1) is 0 Å². The van der Waals surface area contributed by atoms with Crippen LogP contribution in [-0.2, 0) is 23.1 Å². The van der Waals surface area contributed by atoms with Crippen LogP contribution in [0.1, 0.15) is 36.2 Å². The van der Waals surface area contributed by atoms with Gasteiger partial charge in [0.15, 0.2) is 0 Å². The average Bonchev–Trinajstić information content (AvgIpc) is 2.72. The van der Waals surface area contributed by atoms with Crippen LogP contribution in [0.2, 0.25) is 0 Å². The smallest absolute Gasteiger partial charge is 0.321 e. The van der Waals surface area contributed by atoms with E-state index in [9.17, 15) is 4.79 Å². The molecule has 0 spiro atoms. The number of nitrogens with one attached hydrogen (secondary N) is 1. The number of nitrogens with two attached hydrogens (primary N) is 1. The van der Waals surface area contributed by atoms with E-state index in [1.165, 1.54) is 11.3 Å². The van der Waals surface area contributed by atoms with Crippen LogP contribution in [0.3, 0.4) is 0 Å². The molecule has 1 unspecified atom stereocenters. The molecule has 1 saturated carbocycles. The molecule has 1 atom stereocenters. The van der Waals surface area contributed by atoms with Crippen molar-refractivity contribution in [1.29, 1.82) is 0 Å². The predicted molar refractivity (Wildman–Crippen MR) is 57.1 cm³/mol. The molecule has 0 saturated heterocycles. The van der Waals surface area contributed by atoms with Crippen LogP contribution in [0.25, 0.3) is 0 Å². The fourth-order valence-electron chi connectivity index (χ4n) is 2.80. The van der Waals surface area contributed by atoms with Gasteiger partial charge in [-0.25, -0.2) is 0 Å². The second-order valence-electron chi connectivity index (χ2n) is 4.85. The first kappa shape index (κ1) is 9.84. The van der Waals surface area contributed by atoms with Gasteiger partial charge in [0.2, 0.25) is 0 Å². The monoisotopic (exact) mass is 221 g/mol. The number of rotatable bonds is 3. The second-order valence-corrected chi connectivity index (χ2v) is 4.85. The largest absolute Gasteiger partial charge is 0.480 e. The van der Waals surface area contributed by atoms with Crippen molar-refractivity contribution in [3.63, 3.8) is 0 Å². The van der Waals surface area contributed by atoms with Gasteiger partial charge in [-0.05, 0) is 37.7 Å². The molecule has 2 aliphatic rings. The van der Waals surface area contributed by atoms with E-state index in [0.717, 1.165) is 37.8 Å². The number of hydrogen-bond donors (Lipinski definition) is 3. The number of aliphatic carboxylic acids is 1.